The fraction of sp³-hybridized carbons (Fsp3) is 0. The van der Waals surface area contributed by atoms with Crippen molar-refractivity contribution in [2.75, 3.05) is 4.90 Å². The zero-order valence-electron chi connectivity index (χ0n) is 27.6. The Kier molecular flexibility index (Phi) is 6.78. The SMILES string of the molecule is c1ccc(-c2cccc(N(c3ccc(-n4c5ccccc5c5ccccc54)cc3)c3cccc4ccc5nc(-c6ccccc6)oc5c34)c2)cc1. The predicted molar refractivity (Wildman–Crippen MR) is 211 cm³/mol. The Morgan fingerprint density at radius 2 is 1.10 bits per heavy atom. The normalized spacial score (nSPS) is 11.5. The molecule has 10 rings (SSSR count). The lowest BCUT2D eigenvalue weighted by Crippen LogP contribution is -2.11. The average Bonchev–Trinajstić information content (AvgIpc) is 3.79. The number of nitrogens with zero attached hydrogens (tertiary/aromatic N) is 3. The molecule has 0 spiro atoms. The second-order valence-corrected chi connectivity index (χ2v) is 12.8. The Morgan fingerprint density at radius 3 is 1.82 bits per heavy atom. The zero-order chi connectivity index (χ0) is 33.7. The van der Waals surface area contributed by atoms with Crippen LogP contribution >= 0.6 is 0 Å². The molecule has 0 aliphatic rings. The Bertz CT molecular complexity index is 2800. The summed E-state index contributed by atoms with van der Waals surface area (Å²) in [6, 6.07) is 66.2. The van der Waals surface area contributed by atoms with Gasteiger partial charge in [-0.05, 0) is 89.3 Å². The van der Waals surface area contributed by atoms with E-state index in [2.05, 4.69) is 167 Å². The highest BCUT2D eigenvalue weighted by Crippen LogP contribution is 2.44. The number of para-hydroxylation sites is 2. The van der Waals surface area contributed by atoms with E-state index in [1.165, 1.54) is 27.4 Å². The standard InChI is InChI=1S/C47H31N3O/c1-3-13-32(14-4-1)35-18-11-19-38(31-35)49(36-26-28-37(29-27-36)50-42-22-9-7-20-39(42)40-21-8-10-23-43(40)50)44-24-12-17-33-25-30-41-46(45(33)44)51-47(48-41)34-15-5-2-6-16-34/h1-31H. The average molecular weight is 654 g/mol. The first-order chi connectivity index (χ1) is 25.3. The third kappa shape index (κ3) is 4.88. The summed E-state index contributed by atoms with van der Waals surface area (Å²) in [5.74, 6) is 0.612. The van der Waals surface area contributed by atoms with Crippen LogP contribution in [0.3, 0.4) is 0 Å². The lowest BCUT2D eigenvalue weighted by Gasteiger charge is -2.27. The van der Waals surface area contributed by atoms with E-state index in [4.69, 9.17) is 9.40 Å². The molecule has 0 aliphatic carbocycles. The highest BCUT2D eigenvalue weighted by molar-refractivity contribution is 6.13. The summed E-state index contributed by atoms with van der Waals surface area (Å²) in [7, 11) is 0. The molecule has 0 aliphatic heterocycles. The first-order valence-corrected chi connectivity index (χ1v) is 17.2. The summed E-state index contributed by atoms with van der Waals surface area (Å²) in [6.45, 7) is 0. The number of hydrogen-bond acceptors (Lipinski definition) is 3. The van der Waals surface area contributed by atoms with Crippen molar-refractivity contribution >= 4 is 60.7 Å². The topological polar surface area (TPSA) is 34.2 Å². The molecule has 2 heterocycles. The molecule has 0 saturated heterocycles. The van der Waals surface area contributed by atoms with Crippen molar-refractivity contribution in [3.63, 3.8) is 0 Å². The third-order valence-electron chi connectivity index (χ3n) is 9.80. The molecule has 8 aromatic carbocycles. The Hall–Kier alpha value is -6.91. The second kappa shape index (κ2) is 11.9. The number of benzene rings is 8. The maximum atomic E-state index is 6.63. The molecule has 10 aromatic rings. The Morgan fingerprint density at radius 1 is 0.471 bits per heavy atom. The van der Waals surface area contributed by atoms with E-state index in [1.807, 2.05) is 30.3 Å². The minimum atomic E-state index is 0.612. The molecule has 0 N–H and O–H groups in total. The van der Waals surface area contributed by atoms with Crippen LogP contribution in [0.15, 0.2) is 192 Å². The van der Waals surface area contributed by atoms with Crippen LogP contribution in [0, 0.1) is 0 Å². The second-order valence-electron chi connectivity index (χ2n) is 12.8. The predicted octanol–water partition coefficient (Wildman–Crippen LogP) is 12.9. The fourth-order valence-electron chi connectivity index (χ4n) is 7.46. The van der Waals surface area contributed by atoms with Crippen LogP contribution in [0.1, 0.15) is 0 Å². The maximum absolute atomic E-state index is 6.63. The van der Waals surface area contributed by atoms with Gasteiger partial charge in [0.15, 0.2) is 5.58 Å². The van der Waals surface area contributed by atoms with E-state index < -0.39 is 0 Å². The van der Waals surface area contributed by atoms with Crippen LogP contribution < -0.4 is 4.90 Å². The molecular formula is C47H31N3O. The summed E-state index contributed by atoms with van der Waals surface area (Å²) in [4.78, 5) is 7.28. The molecule has 4 heteroatoms. The quantitative estimate of drug-likeness (QED) is 0.179. The number of aromatic nitrogens is 2. The van der Waals surface area contributed by atoms with Crippen LogP contribution in [0.2, 0.25) is 0 Å². The zero-order valence-corrected chi connectivity index (χ0v) is 27.6. The molecule has 51 heavy (non-hydrogen) atoms. The van der Waals surface area contributed by atoms with Crippen LogP contribution in [-0.4, -0.2) is 9.55 Å². The summed E-state index contributed by atoms with van der Waals surface area (Å²) in [6.07, 6.45) is 0. The fourth-order valence-corrected chi connectivity index (χ4v) is 7.46. The van der Waals surface area contributed by atoms with Crippen molar-refractivity contribution in [2.24, 2.45) is 0 Å². The minimum absolute atomic E-state index is 0.612. The van der Waals surface area contributed by atoms with Crippen molar-refractivity contribution in [1.82, 2.24) is 9.55 Å². The summed E-state index contributed by atoms with van der Waals surface area (Å²) < 4.78 is 8.99. The van der Waals surface area contributed by atoms with Crippen LogP contribution in [0.25, 0.3) is 71.9 Å². The highest BCUT2D eigenvalue weighted by Gasteiger charge is 2.21. The van der Waals surface area contributed by atoms with E-state index in [0.717, 1.165) is 55.7 Å². The van der Waals surface area contributed by atoms with Crippen molar-refractivity contribution in [2.45, 2.75) is 0 Å². The highest BCUT2D eigenvalue weighted by atomic mass is 16.3. The molecule has 0 radical (unpaired) electrons. The molecule has 0 unspecified atom stereocenters. The summed E-state index contributed by atoms with van der Waals surface area (Å²) in [5, 5.41) is 4.60. The van der Waals surface area contributed by atoms with Crippen molar-refractivity contribution in [1.29, 1.82) is 0 Å². The molecule has 0 bridgehead atoms. The number of fused-ring (bicyclic) bond motifs is 6. The summed E-state index contributed by atoms with van der Waals surface area (Å²) in [5.41, 5.74) is 11.5. The first-order valence-electron chi connectivity index (χ1n) is 17.2. The number of hydrogen-bond donors (Lipinski definition) is 0. The third-order valence-corrected chi connectivity index (χ3v) is 9.80. The molecule has 2 aromatic heterocycles. The van der Waals surface area contributed by atoms with Gasteiger partial charge < -0.3 is 13.9 Å². The van der Waals surface area contributed by atoms with Gasteiger partial charge in [-0.15, -0.1) is 0 Å². The van der Waals surface area contributed by atoms with Gasteiger partial charge in [0, 0.05) is 33.4 Å². The maximum Gasteiger partial charge on any atom is 0.227 e. The van der Waals surface area contributed by atoms with Crippen molar-refractivity contribution in [3.8, 4) is 28.3 Å². The van der Waals surface area contributed by atoms with Crippen LogP contribution in [0.5, 0.6) is 0 Å². The molecule has 0 fully saturated rings. The van der Waals surface area contributed by atoms with Gasteiger partial charge in [-0.25, -0.2) is 4.98 Å². The van der Waals surface area contributed by atoms with Gasteiger partial charge >= 0.3 is 0 Å². The van der Waals surface area contributed by atoms with Crippen LogP contribution in [0.4, 0.5) is 17.1 Å². The molecule has 0 atom stereocenters. The first kappa shape index (κ1) is 29.0. The number of anilines is 3. The van der Waals surface area contributed by atoms with Gasteiger partial charge in [-0.3, -0.25) is 0 Å². The van der Waals surface area contributed by atoms with E-state index in [9.17, 15) is 0 Å². The van der Waals surface area contributed by atoms with Crippen molar-refractivity contribution < 1.29 is 4.42 Å². The Balaban J connectivity index is 1.19. The van der Waals surface area contributed by atoms with Gasteiger partial charge in [0.1, 0.15) is 5.52 Å². The van der Waals surface area contributed by atoms with E-state index in [-0.39, 0.29) is 0 Å². The monoisotopic (exact) mass is 653 g/mol. The lowest BCUT2D eigenvalue weighted by molar-refractivity contribution is 0.623. The minimum Gasteiger partial charge on any atom is -0.435 e. The van der Waals surface area contributed by atoms with Gasteiger partial charge in [-0.1, -0.05) is 115 Å². The molecule has 0 amide bonds. The number of rotatable bonds is 6. The van der Waals surface area contributed by atoms with Gasteiger partial charge in [0.05, 0.1) is 22.1 Å². The van der Waals surface area contributed by atoms with E-state index >= 15 is 0 Å². The molecule has 4 nitrogen and oxygen atoms in total. The van der Waals surface area contributed by atoms with E-state index in [1.54, 1.807) is 0 Å². The van der Waals surface area contributed by atoms with Crippen LogP contribution in [-0.2, 0) is 0 Å². The van der Waals surface area contributed by atoms with Gasteiger partial charge in [0.25, 0.3) is 0 Å². The molecular weight excluding hydrogens is 623 g/mol. The lowest BCUT2D eigenvalue weighted by atomic mass is 10.0. The van der Waals surface area contributed by atoms with E-state index in [0.29, 0.717) is 5.89 Å². The summed E-state index contributed by atoms with van der Waals surface area (Å²) >= 11 is 0. The Labute approximate surface area is 295 Å². The smallest absolute Gasteiger partial charge is 0.227 e. The van der Waals surface area contributed by atoms with Crippen molar-refractivity contribution in [3.05, 3.63) is 188 Å². The largest absolute Gasteiger partial charge is 0.435 e. The van der Waals surface area contributed by atoms with Gasteiger partial charge in [0.2, 0.25) is 5.89 Å². The van der Waals surface area contributed by atoms with Gasteiger partial charge in [-0.2, -0.15) is 0 Å². The number of oxazole rings is 1. The molecule has 240 valence electrons. The molecule has 0 saturated carbocycles.